The van der Waals surface area contributed by atoms with E-state index in [-0.39, 0.29) is 11.4 Å². The molecule has 1 fully saturated rings. The van der Waals surface area contributed by atoms with Crippen molar-refractivity contribution in [1.82, 2.24) is 0 Å². The zero-order valence-corrected chi connectivity index (χ0v) is 21.2. The third-order valence-corrected chi connectivity index (χ3v) is 7.32. The summed E-state index contributed by atoms with van der Waals surface area (Å²) in [5, 5.41) is 2.65. The number of carbonyl (C=O) groups is 1. The minimum absolute atomic E-state index is 0.0474. The molecule has 0 radical (unpaired) electrons. The van der Waals surface area contributed by atoms with Crippen molar-refractivity contribution in [3.05, 3.63) is 80.8 Å². The molecule has 192 valence electrons. The lowest BCUT2D eigenvalue weighted by Crippen LogP contribution is -2.36. The first-order valence-electron chi connectivity index (χ1n) is 12.0. The summed E-state index contributed by atoms with van der Waals surface area (Å²) in [5.41, 5.74) is 7.06. The van der Waals surface area contributed by atoms with Crippen LogP contribution in [0.3, 0.4) is 0 Å². The van der Waals surface area contributed by atoms with Crippen LogP contribution in [0.5, 0.6) is 0 Å². The van der Waals surface area contributed by atoms with Crippen molar-refractivity contribution in [3.63, 3.8) is 0 Å². The summed E-state index contributed by atoms with van der Waals surface area (Å²) < 4.78 is 51.4. The smallest absolute Gasteiger partial charge is 0.416 e. The van der Waals surface area contributed by atoms with Gasteiger partial charge in [0.1, 0.15) is 5.76 Å². The third kappa shape index (κ3) is 5.14. The summed E-state index contributed by atoms with van der Waals surface area (Å²) in [4.78, 5) is 14.9. The second-order valence-corrected chi connectivity index (χ2v) is 9.33. The van der Waals surface area contributed by atoms with Crippen LogP contribution in [0.2, 0.25) is 0 Å². The van der Waals surface area contributed by atoms with Gasteiger partial charge in [0.05, 0.1) is 30.2 Å². The van der Waals surface area contributed by atoms with Crippen LogP contribution in [0.15, 0.2) is 34.7 Å². The van der Waals surface area contributed by atoms with Gasteiger partial charge in [-0.15, -0.1) is 0 Å². The Labute approximate surface area is 209 Å². The number of ether oxygens (including phenoxy) is 1. The summed E-state index contributed by atoms with van der Waals surface area (Å²) in [6, 6.07) is 6.70. The molecule has 1 aliphatic rings. The number of rotatable bonds is 5. The van der Waals surface area contributed by atoms with E-state index in [1.807, 2.05) is 4.90 Å². The normalized spacial score (nSPS) is 14.3. The van der Waals surface area contributed by atoms with Crippen molar-refractivity contribution < 1.29 is 27.1 Å². The number of hydrogen-bond donors (Lipinski definition) is 1. The lowest BCUT2D eigenvalue weighted by molar-refractivity contribution is -0.137. The lowest BCUT2D eigenvalue weighted by Gasteiger charge is -2.30. The Morgan fingerprint density at radius 3 is 2.14 bits per heavy atom. The van der Waals surface area contributed by atoms with Crippen molar-refractivity contribution in [2.75, 3.05) is 36.5 Å². The minimum atomic E-state index is -4.53. The predicted octanol–water partition coefficient (Wildman–Crippen LogP) is 6.52. The van der Waals surface area contributed by atoms with Gasteiger partial charge in [-0.25, -0.2) is 0 Å². The lowest BCUT2D eigenvalue weighted by atomic mass is 9.88. The molecule has 1 aromatic heterocycles. The first-order valence-corrected chi connectivity index (χ1v) is 12.0. The molecule has 0 aliphatic carbocycles. The second-order valence-electron chi connectivity index (χ2n) is 9.33. The molecule has 0 bridgehead atoms. The van der Waals surface area contributed by atoms with Gasteiger partial charge in [0, 0.05) is 19.5 Å². The number of nitrogens with one attached hydrogen (secondary N) is 1. The molecule has 5 nitrogen and oxygen atoms in total. The molecule has 36 heavy (non-hydrogen) atoms. The van der Waals surface area contributed by atoms with Gasteiger partial charge in [0.2, 0.25) is 0 Å². The standard InChI is InChI=1S/C28H31F3N2O3/c1-16-17(2)19(4)23(20(5)18(16)3)15-22-7-9-26(36-22)27(34)32-24-14-21(28(29,30)31)6-8-25(24)33-10-12-35-13-11-33/h6-9,14H,10-13,15H2,1-5H3,(H,32,34). The SMILES string of the molecule is Cc1c(C)c(C)c(Cc2ccc(C(=O)Nc3cc(C(F)(F)F)ccc3N3CCOCC3)o2)c(C)c1C. The Morgan fingerprint density at radius 2 is 1.53 bits per heavy atom. The quantitative estimate of drug-likeness (QED) is 0.433. The molecule has 3 aromatic rings. The van der Waals surface area contributed by atoms with E-state index in [1.165, 1.54) is 33.9 Å². The second kappa shape index (κ2) is 10.0. The maximum Gasteiger partial charge on any atom is 0.416 e. The highest BCUT2D eigenvalue weighted by molar-refractivity contribution is 6.04. The fourth-order valence-electron chi connectivity index (χ4n) is 4.69. The number of nitrogens with zero attached hydrogens (tertiary/aromatic N) is 1. The maximum absolute atomic E-state index is 13.4. The number of benzene rings is 2. The average molecular weight is 501 g/mol. The topological polar surface area (TPSA) is 54.7 Å². The van der Waals surface area contributed by atoms with Crippen LogP contribution in [-0.4, -0.2) is 32.2 Å². The maximum atomic E-state index is 13.4. The van der Waals surface area contributed by atoms with Crippen molar-refractivity contribution in [2.24, 2.45) is 0 Å². The van der Waals surface area contributed by atoms with E-state index in [9.17, 15) is 18.0 Å². The van der Waals surface area contributed by atoms with E-state index < -0.39 is 17.6 Å². The van der Waals surface area contributed by atoms with Crippen LogP contribution in [0.4, 0.5) is 24.5 Å². The van der Waals surface area contributed by atoms with E-state index in [0.717, 1.165) is 17.7 Å². The Hall–Kier alpha value is -3.26. The minimum Gasteiger partial charge on any atom is -0.456 e. The van der Waals surface area contributed by atoms with Gasteiger partial charge in [0.25, 0.3) is 5.91 Å². The molecule has 1 saturated heterocycles. The molecular weight excluding hydrogens is 469 g/mol. The molecule has 1 amide bonds. The number of halogens is 3. The summed E-state index contributed by atoms with van der Waals surface area (Å²) in [5.74, 6) is 0.0671. The van der Waals surface area contributed by atoms with Crippen molar-refractivity contribution >= 4 is 17.3 Å². The summed E-state index contributed by atoms with van der Waals surface area (Å²) >= 11 is 0. The highest BCUT2D eigenvalue weighted by atomic mass is 19.4. The molecule has 0 spiro atoms. The van der Waals surface area contributed by atoms with Crippen LogP contribution in [0.1, 0.15) is 55.3 Å². The van der Waals surface area contributed by atoms with Gasteiger partial charge in [-0.05, 0) is 98.3 Å². The first kappa shape index (κ1) is 25.8. The number of furan rings is 1. The largest absolute Gasteiger partial charge is 0.456 e. The molecule has 2 aromatic carbocycles. The fourth-order valence-corrected chi connectivity index (χ4v) is 4.69. The van der Waals surface area contributed by atoms with E-state index in [1.54, 1.807) is 12.1 Å². The molecule has 1 aliphatic heterocycles. The van der Waals surface area contributed by atoms with Crippen LogP contribution in [-0.2, 0) is 17.3 Å². The summed E-state index contributed by atoms with van der Waals surface area (Å²) in [6.07, 6.45) is -4.00. The van der Waals surface area contributed by atoms with Crippen LogP contribution >= 0.6 is 0 Å². The monoisotopic (exact) mass is 500 g/mol. The van der Waals surface area contributed by atoms with Gasteiger partial charge in [-0.1, -0.05) is 0 Å². The molecular formula is C28H31F3N2O3. The number of hydrogen-bond acceptors (Lipinski definition) is 4. The Balaban J connectivity index is 1.60. The summed E-state index contributed by atoms with van der Waals surface area (Å²) in [7, 11) is 0. The highest BCUT2D eigenvalue weighted by Crippen LogP contribution is 2.36. The van der Waals surface area contributed by atoms with Gasteiger partial charge in [-0.3, -0.25) is 4.79 Å². The molecule has 0 unspecified atom stereocenters. The van der Waals surface area contributed by atoms with Crippen LogP contribution < -0.4 is 10.2 Å². The molecule has 0 saturated carbocycles. The van der Waals surface area contributed by atoms with Crippen molar-refractivity contribution in [2.45, 2.75) is 47.2 Å². The Bertz CT molecular complexity index is 1260. The van der Waals surface area contributed by atoms with Crippen LogP contribution in [0.25, 0.3) is 0 Å². The van der Waals surface area contributed by atoms with E-state index in [2.05, 4.69) is 39.9 Å². The number of alkyl halides is 3. The molecule has 2 heterocycles. The van der Waals surface area contributed by atoms with E-state index in [0.29, 0.717) is 44.2 Å². The number of carbonyl (C=O) groups excluding carboxylic acids is 1. The molecule has 0 atom stereocenters. The molecule has 4 rings (SSSR count). The Kier molecular flexibility index (Phi) is 7.18. The Morgan fingerprint density at radius 1 is 0.917 bits per heavy atom. The molecule has 1 N–H and O–H groups in total. The van der Waals surface area contributed by atoms with Gasteiger partial charge >= 0.3 is 6.18 Å². The zero-order valence-electron chi connectivity index (χ0n) is 21.2. The van der Waals surface area contributed by atoms with Gasteiger partial charge in [-0.2, -0.15) is 13.2 Å². The van der Waals surface area contributed by atoms with Gasteiger partial charge < -0.3 is 19.4 Å². The highest BCUT2D eigenvalue weighted by Gasteiger charge is 2.32. The van der Waals surface area contributed by atoms with E-state index in [4.69, 9.17) is 9.15 Å². The number of anilines is 2. The predicted molar refractivity (Wildman–Crippen MR) is 134 cm³/mol. The van der Waals surface area contributed by atoms with Crippen molar-refractivity contribution in [1.29, 1.82) is 0 Å². The third-order valence-electron chi connectivity index (χ3n) is 7.32. The first-order chi connectivity index (χ1) is 17.0. The zero-order chi connectivity index (χ0) is 26.2. The van der Waals surface area contributed by atoms with E-state index >= 15 is 0 Å². The number of amides is 1. The number of morpholine rings is 1. The molecule has 8 heteroatoms. The average Bonchev–Trinajstić information content (AvgIpc) is 3.33. The fraction of sp³-hybridized carbons (Fsp3) is 0.393. The summed E-state index contributed by atoms with van der Waals surface area (Å²) in [6.45, 7) is 12.5. The van der Waals surface area contributed by atoms with Crippen molar-refractivity contribution in [3.8, 4) is 0 Å². The van der Waals surface area contributed by atoms with Crippen LogP contribution in [0, 0.1) is 34.6 Å². The van der Waals surface area contributed by atoms with Gasteiger partial charge in [0.15, 0.2) is 5.76 Å².